The van der Waals surface area contributed by atoms with Crippen LogP contribution < -0.4 is 21.7 Å². The molecule has 5 N–H and O–H groups in total. The standard InChI is InChI=1S/C15H21BrN4O3/c1-9(2)14(17)15(23)19-7-12(21)18-8-13(22)20-11-5-3-10(16)4-6-11/h3-6,9,14H,7-8,17H2,1-2H3,(H,18,21)(H,19,23)(H,20,22)/t14-/m0/s1. The molecule has 0 fully saturated rings. The lowest BCUT2D eigenvalue weighted by Gasteiger charge is -2.15. The Bertz CT molecular complexity index is 560. The maximum atomic E-state index is 11.7. The van der Waals surface area contributed by atoms with Gasteiger partial charge in [0.2, 0.25) is 17.7 Å². The maximum absolute atomic E-state index is 11.7. The van der Waals surface area contributed by atoms with Gasteiger partial charge >= 0.3 is 0 Å². The first kappa shape index (κ1) is 19.1. The van der Waals surface area contributed by atoms with Crippen molar-refractivity contribution in [3.8, 4) is 0 Å². The summed E-state index contributed by atoms with van der Waals surface area (Å²) in [5.41, 5.74) is 6.28. The second-order valence-corrected chi connectivity index (χ2v) is 6.24. The van der Waals surface area contributed by atoms with Gasteiger partial charge in [-0.05, 0) is 30.2 Å². The molecule has 0 heterocycles. The molecular weight excluding hydrogens is 364 g/mol. The number of nitrogens with two attached hydrogens (primary N) is 1. The number of amides is 3. The summed E-state index contributed by atoms with van der Waals surface area (Å²) in [6.07, 6.45) is 0. The summed E-state index contributed by atoms with van der Waals surface area (Å²) in [7, 11) is 0. The van der Waals surface area contributed by atoms with E-state index in [2.05, 4.69) is 31.9 Å². The van der Waals surface area contributed by atoms with E-state index in [-0.39, 0.29) is 24.9 Å². The number of carbonyl (C=O) groups is 3. The molecule has 7 nitrogen and oxygen atoms in total. The van der Waals surface area contributed by atoms with E-state index >= 15 is 0 Å². The third-order valence-corrected chi connectivity index (χ3v) is 3.55. The van der Waals surface area contributed by atoms with Gasteiger partial charge in [0.1, 0.15) is 0 Å². The minimum atomic E-state index is -0.663. The van der Waals surface area contributed by atoms with E-state index in [4.69, 9.17) is 5.73 Å². The van der Waals surface area contributed by atoms with Gasteiger partial charge in [0.25, 0.3) is 0 Å². The van der Waals surface area contributed by atoms with E-state index in [1.165, 1.54) is 0 Å². The SMILES string of the molecule is CC(C)[C@H](N)C(=O)NCC(=O)NCC(=O)Nc1ccc(Br)cc1. The largest absolute Gasteiger partial charge is 0.346 e. The van der Waals surface area contributed by atoms with Gasteiger partial charge in [-0.1, -0.05) is 29.8 Å². The van der Waals surface area contributed by atoms with E-state index in [1.54, 1.807) is 24.3 Å². The first-order valence-electron chi connectivity index (χ1n) is 7.15. The Balaban J connectivity index is 2.28. The van der Waals surface area contributed by atoms with Gasteiger partial charge in [-0.15, -0.1) is 0 Å². The molecule has 1 aromatic rings. The van der Waals surface area contributed by atoms with Crippen LogP contribution in [0.25, 0.3) is 0 Å². The number of hydrogen-bond acceptors (Lipinski definition) is 4. The molecule has 0 saturated carbocycles. The second-order valence-electron chi connectivity index (χ2n) is 5.32. The zero-order valence-electron chi connectivity index (χ0n) is 13.1. The molecule has 1 atom stereocenters. The number of benzene rings is 1. The predicted octanol–water partition coefficient (Wildman–Crippen LogP) is 0.603. The van der Waals surface area contributed by atoms with Crippen molar-refractivity contribution in [2.45, 2.75) is 19.9 Å². The van der Waals surface area contributed by atoms with E-state index < -0.39 is 17.9 Å². The summed E-state index contributed by atoms with van der Waals surface area (Å²) in [6.45, 7) is 3.24. The van der Waals surface area contributed by atoms with Crippen LogP contribution in [0.15, 0.2) is 28.7 Å². The zero-order valence-corrected chi connectivity index (χ0v) is 14.6. The summed E-state index contributed by atoms with van der Waals surface area (Å²) < 4.78 is 0.902. The topological polar surface area (TPSA) is 113 Å². The monoisotopic (exact) mass is 384 g/mol. The molecule has 1 rings (SSSR count). The third kappa shape index (κ3) is 7.25. The quantitative estimate of drug-likeness (QED) is 0.551. The highest BCUT2D eigenvalue weighted by Crippen LogP contribution is 2.13. The summed E-state index contributed by atoms with van der Waals surface area (Å²) >= 11 is 3.30. The Morgan fingerprint density at radius 3 is 2.17 bits per heavy atom. The number of halogens is 1. The first-order chi connectivity index (χ1) is 10.8. The highest BCUT2D eigenvalue weighted by Gasteiger charge is 2.17. The van der Waals surface area contributed by atoms with Gasteiger partial charge < -0.3 is 21.7 Å². The molecule has 3 amide bonds. The van der Waals surface area contributed by atoms with Crippen molar-refractivity contribution in [2.24, 2.45) is 11.7 Å². The molecule has 0 bridgehead atoms. The lowest BCUT2D eigenvalue weighted by atomic mass is 10.1. The molecule has 23 heavy (non-hydrogen) atoms. The van der Waals surface area contributed by atoms with Crippen LogP contribution >= 0.6 is 15.9 Å². The second kappa shape index (κ2) is 9.26. The van der Waals surface area contributed by atoms with Crippen molar-refractivity contribution in [3.63, 3.8) is 0 Å². The van der Waals surface area contributed by atoms with Crippen molar-refractivity contribution in [2.75, 3.05) is 18.4 Å². The summed E-state index contributed by atoms with van der Waals surface area (Å²) in [5, 5.41) is 7.49. The van der Waals surface area contributed by atoms with E-state index in [0.29, 0.717) is 5.69 Å². The Hall–Kier alpha value is -1.93. The molecule has 0 aliphatic rings. The van der Waals surface area contributed by atoms with Gasteiger partial charge in [-0.25, -0.2) is 0 Å². The van der Waals surface area contributed by atoms with Gasteiger partial charge in [0.05, 0.1) is 19.1 Å². The molecule has 126 valence electrons. The van der Waals surface area contributed by atoms with Gasteiger partial charge in [0, 0.05) is 10.2 Å². The number of anilines is 1. The summed E-state index contributed by atoms with van der Waals surface area (Å²) in [5.74, 6) is -1.23. The van der Waals surface area contributed by atoms with Gasteiger partial charge in [-0.3, -0.25) is 14.4 Å². The fourth-order valence-corrected chi connectivity index (χ4v) is 1.83. The van der Waals surface area contributed by atoms with E-state index in [1.807, 2.05) is 13.8 Å². The molecular formula is C15H21BrN4O3. The summed E-state index contributed by atoms with van der Waals surface area (Å²) in [4.78, 5) is 34.9. The molecule has 0 aliphatic heterocycles. The van der Waals surface area contributed by atoms with Crippen molar-refractivity contribution >= 4 is 39.3 Å². The van der Waals surface area contributed by atoms with Crippen LogP contribution in [-0.2, 0) is 14.4 Å². The van der Waals surface area contributed by atoms with E-state index in [0.717, 1.165) is 4.47 Å². The maximum Gasteiger partial charge on any atom is 0.243 e. The first-order valence-corrected chi connectivity index (χ1v) is 7.94. The van der Waals surface area contributed by atoms with Crippen molar-refractivity contribution in [1.82, 2.24) is 10.6 Å². The van der Waals surface area contributed by atoms with E-state index in [9.17, 15) is 14.4 Å². The van der Waals surface area contributed by atoms with Gasteiger partial charge in [-0.2, -0.15) is 0 Å². The Labute approximate surface area is 143 Å². The van der Waals surface area contributed by atoms with Crippen molar-refractivity contribution in [3.05, 3.63) is 28.7 Å². The predicted molar refractivity (Wildman–Crippen MR) is 91.6 cm³/mol. The number of carbonyl (C=O) groups excluding carboxylic acids is 3. The lowest BCUT2D eigenvalue weighted by molar-refractivity contribution is -0.127. The van der Waals surface area contributed by atoms with Crippen LogP contribution in [0, 0.1) is 5.92 Å². The number of hydrogen-bond donors (Lipinski definition) is 4. The van der Waals surface area contributed by atoms with Crippen LogP contribution in [0.3, 0.4) is 0 Å². The minimum absolute atomic E-state index is 0.0188. The molecule has 1 aromatic carbocycles. The van der Waals surface area contributed by atoms with Crippen molar-refractivity contribution < 1.29 is 14.4 Å². The van der Waals surface area contributed by atoms with Crippen LogP contribution in [-0.4, -0.2) is 36.9 Å². The fraction of sp³-hybridized carbons (Fsp3) is 0.400. The molecule has 0 unspecified atom stereocenters. The number of rotatable bonds is 7. The van der Waals surface area contributed by atoms with Crippen LogP contribution in [0.4, 0.5) is 5.69 Å². The normalized spacial score (nSPS) is 11.7. The smallest absolute Gasteiger partial charge is 0.243 e. The van der Waals surface area contributed by atoms with Crippen molar-refractivity contribution in [1.29, 1.82) is 0 Å². The Morgan fingerprint density at radius 2 is 1.61 bits per heavy atom. The highest BCUT2D eigenvalue weighted by molar-refractivity contribution is 9.10. The van der Waals surface area contributed by atoms with Crippen LogP contribution in [0.5, 0.6) is 0 Å². The zero-order chi connectivity index (χ0) is 17.4. The minimum Gasteiger partial charge on any atom is -0.346 e. The van der Waals surface area contributed by atoms with Crippen LogP contribution in [0.2, 0.25) is 0 Å². The Kier molecular flexibility index (Phi) is 7.70. The third-order valence-electron chi connectivity index (χ3n) is 3.02. The molecule has 0 radical (unpaired) electrons. The molecule has 8 heteroatoms. The molecule has 0 saturated heterocycles. The summed E-state index contributed by atoms with van der Waals surface area (Å²) in [6, 6.07) is 6.39. The fourth-order valence-electron chi connectivity index (χ4n) is 1.57. The highest BCUT2D eigenvalue weighted by atomic mass is 79.9. The average molecular weight is 385 g/mol. The average Bonchev–Trinajstić information content (AvgIpc) is 2.51. The molecule has 0 aliphatic carbocycles. The van der Waals surface area contributed by atoms with Gasteiger partial charge in [0.15, 0.2) is 0 Å². The Morgan fingerprint density at radius 1 is 1.04 bits per heavy atom. The lowest BCUT2D eigenvalue weighted by Crippen LogP contribution is -2.47. The number of nitrogens with one attached hydrogen (secondary N) is 3. The molecule has 0 aromatic heterocycles. The molecule has 0 spiro atoms. The van der Waals surface area contributed by atoms with Crippen LogP contribution in [0.1, 0.15) is 13.8 Å².